The summed E-state index contributed by atoms with van der Waals surface area (Å²) >= 11 is 3.44. The normalized spacial score (nSPS) is 10.3. The average molecular weight is 396 g/mol. The fourth-order valence-electron chi connectivity index (χ4n) is 2.18. The van der Waals surface area contributed by atoms with Crippen molar-refractivity contribution in [3.05, 3.63) is 52.3 Å². The second-order valence-corrected chi connectivity index (χ2v) is 5.82. The molecule has 0 aromatic heterocycles. The van der Waals surface area contributed by atoms with Crippen LogP contribution in [0.25, 0.3) is 0 Å². The second-order valence-electron chi connectivity index (χ2n) is 4.96. The van der Waals surface area contributed by atoms with Crippen molar-refractivity contribution in [1.29, 1.82) is 0 Å². The number of ether oxygens (including phenoxy) is 2. The first-order valence-corrected chi connectivity index (χ1v) is 8.46. The lowest BCUT2D eigenvalue weighted by molar-refractivity contribution is -0.115. The molecule has 0 saturated carbocycles. The first-order chi connectivity index (χ1) is 11.5. The molecule has 0 fully saturated rings. The molecule has 0 radical (unpaired) electrons. The van der Waals surface area contributed by atoms with E-state index in [4.69, 9.17) is 9.47 Å². The third-order valence-electron chi connectivity index (χ3n) is 3.21. The quantitative estimate of drug-likeness (QED) is 0.746. The molecule has 0 unspecified atom stereocenters. The largest absolute Gasteiger partial charge is 0.490 e. The van der Waals surface area contributed by atoms with Crippen molar-refractivity contribution >= 4 is 27.5 Å². The number of hydrogen-bond acceptors (Lipinski definition) is 3. The molecule has 128 valence electrons. The molecular formula is C18H19BrFNO3. The molecule has 2 rings (SSSR count). The highest BCUT2D eigenvalue weighted by atomic mass is 79.9. The molecule has 0 heterocycles. The number of rotatable bonds is 7. The van der Waals surface area contributed by atoms with Crippen LogP contribution >= 0.6 is 15.9 Å². The number of carbonyl (C=O) groups excluding carboxylic acids is 1. The van der Waals surface area contributed by atoms with E-state index >= 15 is 0 Å². The SMILES string of the molecule is CCOc1cc(Br)c(CC(=O)Nc2ccccc2F)cc1OCC. The van der Waals surface area contributed by atoms with Gasteiger partial charge in [0.2, 0.25) is 5.91 Å². The van der Waals surface area contributed by atoms with E-state index in [2.05, 4.69) is 21.2 Å². The number of amides is 1. The van der Waals surface area contributed by atoms with Crippen LogP contribution in [0.1, 0.15) is 19.4 Å². The van der Waals surface area contributed by atoms with Crippen LogP contribution in [0.5, 0.6) is 11.5 Å². The van der Waals surface area contributed by atoms with Crippen LogP contribution < -0.4 is 14.8 Å². The van der Waals surface area contributed by atoms with E-state index in [1.807, 2.05) is 13.8 Å². The number of benzene rings is 2. The molecule has 4 nitrogen and oxygen atoms in total. The smallest absolute Gasteiger partial charge is 0.228 e. The Hall–Kier alpha value is -2.08. The third kappa shape index (κ3) is 4.71. The van der Waals surface area contributed by atoms with Gasteiger partial charge in [-0.2, -0.15) is 0 Å². The van der Waals surface area contributed by atoms with Gasteiger partial charge in [-0.1, -0.05) is 28.1 Å². The summed E-state index contributed by atoms with van der Waals surface area (Å²) in [5, 5.41) is 2.57. The fraction of sp³-hybridized carbons (Fsp3) is 0.278. The molecule has 0 spiro atoms. The van der Waals surface area contributed by atoms with Crippen LogP contribution in [-0.2, 0) is 11.2 Å². The molecule has 0 bridgehead atoms. The summed E-state index contributed by atoms with van der Waals surface area (Å²) in [5.74, 6) is 0.416. The van der Waals surface area contributed by atoms with Crippen LogP contribution in [0.3, 0.4) is 0 Å². The predicted octanol–water partition coefficient (Wildman–Crippen LogP) is 4.57. The van der Waals surface area contributed by atoms with Crippen LogP contribution in [0.2, 0.25) is 0 Å². The summed E-state index contributed by atoms with van der Waals surface area (Å²) in [6.45, 7) is 4.77. The van der Waals surface area contributed by atoms with Crippen LogP contribution in [0, 0.1) is 5.82 Å². The van der Waals surface area contributed by atoms with Gasteiger partial charge >= 0.3 is 0 Å². The molecular weight excluding hydrogens is 377 g/mol. The van der Waals surface area contributed by atoms with Gasteiger partial charge in [-0.3, -0.25) is 4.79 Å². The van der Waals surface area contributed by atoms with Crippen molar-refractivity contribution in [3.8, 4) is 11.5 Å². The molecule has 0 aliphatic rings. The lowest BCUT2D eigenvalue weighted by Gasteiger charge is -2.14. The Labute approximate surface area is 149 Å². The van der Waals surface area contributed by atoms with Crippen LogP contribution in [0.4, 0.5) is 10.1 Å². The van der Waals surface area contributed by atoms with Gasteiger partial charge in [-0.25, -0.2) is 4.39 Å². The summed E-state index contributed by atoms with van der Waals surface area (Å²) in [5.41, 5.74) is 0.894. The minimum Gasteiger partial charge on any atom is -0.490 e. The van der Waals surface area contributed by atoms with Crippen molar-refractivity contribution in [1.82, 2.24) is 0 Å². The monoisotopic (exact) mass is 395 g/mol. The number of para-hydroxylation sites is 1. The zero-order valence-corrected chi connectivity index (χ0v) is 15.2. The van der Waals surface area contributed by atoms with Gasteiger partial charge in [-0.15, -0.1) is 0 Å². The summed E-state index contributed by atoms with van der Waals surface area (Å²) in [4.78, 5) is 12.2. The van der Waals surface area contributed by atoms with Crippen molar-refractivity contribution in [3.63, 3.8) is 0 Å². The molecule has 0 atom stereocenters. The topological polar surface area (TPSA) is 47.6 Å². The Morgan fingerprint density at radius 3 is 2.38 bits per heavy atom. The average Bonchev–Trinajstić information content (AvgIpc) is 2.54. The zero-order valence-electron chi connectivity index (χ0n) is 13.6. The van der Waals surface area contributed by atoms with Crippen molar-refractivity contribution in [2.45, 2.75) is 20.3 Å². The van der Waals surface area contributed by atoms with Gasteiger partial charge in [0.1, 0.15) is 5.82 Å². The van der Waals surface area contributed by atoms with Crippen molar-refractivity contribution in [2.24, 2.45) is 0 Å². The summed E-state index contributed by atoms with van der Waals surface area (Å²) in [6, 6.07) is 9.60. The minimum absolute atomic E-state index is 0.0847. The molecule has 2 aromatic rings. The molecule has 24 heavy (non-hydrogen) atoms. The number of hydrogen-bond donors (Lipinski definition) is 1. The highest BCUT2D eigenvalue weighted by Gasteiger charge is 2.14. The molecule has 1 amide bonds. The predicted molar refractivity (Wildman–Crippen MR) is 95.2 cm³/mol. The van der Waals surface area contributed by atoms with E-state index in [0.29, 0.717) is 24.7 Å². The number of halogens is 2. The van der Waals surface area contributed by atoms with Crippen LogP contribution in [-0.4, -0.2) is 19.1 Å². The van der Waals surface area contributed by atoms with Gasteiger partial charge in [-0.05, 0) is 43.7 Å². The molecule has 0 aliphatic heterocycles. The Bertz CT molecular complexity index is 721. The standard InChI is InChI=1S/C18H19BrFNO3/c1-3-23-16-9-12(13(19)11-17(16)24-4-2)10-18(22)21-15-8-6-5-7-14(15)20/h5-9,11H,3-4,10H2,1-2H3,(H,21,22). The minimum atomic E-state index is -0.466. The van der Waals surface area contributed by atoms with E-state index in [0.717, 1.165) is 10.0 Å². The zero-order chi connectivity index (χ0) is 17.5. The number of nitrogens with one attached hydrogen (secondary N) is 1. The maximum atomic E-state index is 13.6. The number of carbonyl (C=O) groups is 1. The Morgan fingerprint density at radius 1 is 1.12 bits per heavy atom. The maximum Gasteiger partial charge on any atom is 0.228 e. The molecule has 2 aromatic carbocycles. The van der Waals surface area contributed by atoms with E-state index in [-0.39, 0.29) is 18.0 Å². The number of anilines is 1. The van der Waals surface area contributed by atoms with Crippen molar-refractivity contribution < 1.29 is 18.7 Å². The van der Waals surface area contributed by atoms with Gasteiger partial charge in [0, 0.05) is 4.47 Å². The molecule has 1 N–H and O–H groups in total. The first kappa shape index (κ1) is 18.3. The third-order valence-corrected chi connectivity index (χ3v) is 3.95. The maximum absolute atomic E-state index is 13.6. The molecule has 0 saturated heterocycles. The van der Waals surface area contributed by atoms with Crippen molar-refractivity contribution in [2.75, 3.05) is 18.5 Å². The first-order valence-electron chi connectivity index (χ1n) is 7.67. The summed E-state index contributed by atoms with van der Waals surface area (Å²) in [7, 11) is 0. The lowest BCUT2D eigenvalue weighted by atomic mass is 10.1. The van der Waals surface area contributed by atoms with E-state index in [1.165, 1.54) is 12.1 Å². The van der Waals surface area contributed by atoms with Gasteiger partial charge in [0.15, 0.2) is 11.5 Å². The second kappa shape index (κ2) is 8.68. The summed E-state index contributed by atoms with van der Waals surface area (Å²) < 4.78 is 25.4. The Kier molecular flexibility index (Phi) is 6.61. The van der Waals surface area contributed by atoms with Gasteiger partial charge < -0.3 is 14.8 Å². The van der Waals surface area contributed by atoms with E-state index in [9.17, 15) is 9.18 Å². The summed E-state index contributed by atoms with van der Waals surface area (Å²) in [6.07, 6.45) is 0.0847. The molecule has 6 heteroatoms. The Balaban J connectivity index is 2.17. The Morgan fingerprint density at radius 2 is 1.75 bits per heavy atom. The molecule has 0 aliphatic carbocycles. The fourth-order valence-corrected chi connectivity index (χ4v) is 2.64. The van der Waals surface area contributed by atoms with E-state index in [1.54, 1.807) is 24.3 Å². The lowest BCUT2D eigenvalue weighted by Crippen LogP contribution is -2.15. The van der Waals surface area contributed by atoms with Crippen LogP contribution in [0.15, 0.2) is 40.9 Å². The van der Waals surface area contributed by atoms with E-state index < -0.39 is 5.82 Å². The highest BCUT2D eigenvalue weighted by molar-refractivity contribution is 9.10. The van der Waals surface area contributed by atoms with Gasteiger partial charge in [0.25, 0.3) is 0 Å². The van der Waals surface area contributed by atoms with Gasteiger partial charge in [0.05, 0.1) is 25.3 Å². The highest BCUT2D eigenvalue weighted by Crippen LogP contribution is 2.34.